The van der Waals surface area contributed by atoms with Gasteiger partial charge in [0.25, 0.3) is 0 Å². The highest BCUT2D eigenvalue weighted by atomic mass is 32.2. The van der Waals surface area contributed by atoms with Gasteiger partial charge in [-0.2, -0.15) is 0 Å². The molecule has 2 N–H and O–H groups in total. The number of hydrogen-bond donors (Lipinski definition) is 1. The first kappa shape index (κ1) is 14.4. The van der Waals surface area contributed by atoms with Crippen molar-refractivity contribution < 1.29 is 21.6 Å². The Hall–Kier alpha value is -2.02. The van der Waals surface area contributed by atoms with Gasteiger partial charge in [0.1, 0.15) is 5.82 Å². The predicted octanol–water partition coefficient (Wildman–Crippen LogP) is 2.66. The molecule has 0 aromatic heterocycles. The molecule has 106 valence electrons. The number of nitrogen functional groups attached to an aromatic ring is 1. The minimum absolute atomic E-state index is 0.0982. The second kappa shape index (κ2) is 5.16. The fourth-order valence-electron chi connectivity index (χ4n) is 1.63. The summed E-state index contributed by atoms with van der Waals surface area (Å²) in [6, 6.07) is 5.87. The van der Waals surface area contributed by atoms with E-state index < -0.39 is 33.0 Å². The van der Waals surface area contributed by atoms with E-state index >= 15 is 0 Å². The summed E-state index contributed by atoms with van der Waals surface area (Å²) in [5, 5.41) is 0. The number of sulfone groups is 1. The lowest BCUT2D eigenvalue weighted by atomic mass is 10.2. The lowest BCUT2D eigenvalue weighted by Crippen LogP contribution is -2.06. The molecule has 0 aliphatic carbocycles. The van der Waals surface area contributed by atoms with Gasteiger partial charge in [0.2, 0.25) is 0 Å². The first-order chi connectivity index (χ1) is 9.29. The van der Waals surface area contributed by atoms with Crippen molar-refractivity contribution >= 4 is 15.5 Å². The highest BCUT2D eigenvalue weighted by Gasteiger charge is 2.18. The lowest BCUT2D eigenvalue weighted by molar-refractivity contribution is 0.504. The van der Waals surface area contributed by atoms with Crippen LogP contribution in [0.5, 0.6) is 0 Å². The van der Waals surface area contributed by atoms with Gasteiger partial charge in [0.05, 0.1) is 16.3 Å². The number of anilines is 1. The SMILES string of the molecule is Nc1ccc(CS(=O)(=O)c2ccc(F)c(F)c2)cc1F. The quantitative estimate of drug-likeness (QED) is 0.700. The van der Waals surface area contributed by atoms with E-state index in [1.54, 1.807) is 0 Å². The maximum Gasteiger partial charge on any atom is 0.182 e. The van der Waals surface area contributed by atoms with Gasteiger partial charge >= 0.3 is 0 Å². The molecular weight excluding hydrogens is 291 g/mol. The molecule has 0 unspecified atom stereocenters. The summed E-state index contributed by atoms with van der Waals surface area (Å²) < 4.78 is 63.1. The van der Waals surface area contributed by atoms with Gasteiger partial charge in [-0.15, -0.1) is 0 Å². The number of nitrogens with two attached hydrogens (primary N) is 1. The van der Waals surface area contributed by atoms with Crippen LogP contribution in [0.25, 0.3) is 0 Å². The molecule has 0 aliphatic heterocycles. The van der Waals surface area contributed by atoms with E-state index in [0.717, 1.165) is 18.2 Å². The maximum atomic E-state index is 13.2. The summed E-state index contributed by atoms with van der Waals surface area (Å²) in [7, 11) is -3.90. The van der Waals surface area contributed by atoms with Gasteiger partial charge in [-0.3, -0.25) is 0 Å². The standard InChI is InChI=1S/C13H10F3NO2S/c14-10-3-2-9(6-11(10)15)20(18,19)7-8-1-4-13(17)12(16)5-8/h1-6H,7,17H2. The predicted molar refractivity (Wildman–Crippen MR) is 68.1 cm³/mol. The zero-order valence-electron chi connectivity index (χ0n) is 10.1. The van der Waals surface area contributed by atoms with E-state index in [2.05, 4.69) is 0 Å². The molecule has 2 aromatic rings. The summed E-state index contributed by atoms with van der Waals surface area (Å²) in [6.07, 6.45) is 0. The third kappa shape index (κ3) is 2.93. The maximum absolute atomic E-state index is 13.2. The summed E-state index contributed by atoms with van der Waals surface area (Å²) in [5.41, 5.74) is 5.35. The number of benzene rings is 2. The molecule has 0 saturated carbocycles. The molecular formula is C13H10F3NO2S. The monoisotopic (exact) mass is 301 g/mol. The first-order valence-electron chi connectivity index (χ1n) is 5.51. The zero-order valence-corrected chi connectivity index (χ0v) is 10.9. The van der Waals surface area contributed by atoms with E-state index in [1.807, 2.05) is 0 Å². The fraction of sp³-hybridized carbons (Fsp3) is 0.0769. The van der Waals surface area contributed by atoms with Crippen molar-refractivity contribution in [3.63, 3.8) is 0 Å². The second-order valence-corrected chi connectivity index (χ2v) is 6.18. The second-order valence-electron chi connectivity index (χ2n) is 4.19. The van der Waals surface area contributed by atoms with Crippen LogP contribution in [0.2, 0.25) is 0 Å². The molecule has 20 heavy (non-hydrogen) atoms. The van der Waals surface area contributed by atoms with Gasteiger partial charge in [-0.25, -0.2) is 21.6 Å². The van der Waals surface area contributed by atoms with Crippen molar-refractivity contribution in [1.29, 1.82) is 0 Å². The normalized spacial score (nSPS) is 11.6. The Balaban J connectivity index is 2.35. The van der Waals surface area contributed by atoms with Crippen LogP contribution < -0.4 is 5.73 Å². The average molecular weight is 301 g/mol. The molecule has 0 radical (unpaired) electrons. The Kier molecular flexibility index (Phi) is 3.71. The molecule has 0 spiro atoms. The third-order valence-electron chi connectivity index (χ3n) is 2.67. The smallest absolute Gasteiger partial charge is 0.182 e. The van der Waals surface area contributed by atoms with E-state index in [4.69, 9.17) is 5.73 Å². The minimum atomic E-state index is -3.90. The summed E-state index contributed by atoms with van der Waals surface area (Å²) >= 11 is 0. The average Bonchev–Trinajstić information content (AvgIpc) is 2.37. The van der Waals surface area contributed by atoms with Crippen LogP contribution in [0.4, 0.5) is 18.9 Å². The summed E-state index contributed by atoms with van der Waals surface area (Å²) in [4.78, 5) is -0.367. The number of hydrogen-bond acceptors (Lipinski definition) is 3. The van der Waals surface area contributed by atoms with Crippen LogP contribution in [0.1, 0.15) is 5.56 Å². The highest BCUT2D eigenvalue weighted by Crippen LogP contribution is 2.20. The van der Waals surface area contributed by atoms with Crippen molar-refractivity contribution in [2.24, 2.45) is 0 Å². The molecule has 7 heteroatoms. The Labute approximate surface area is 113 Å². The number of rotatable bonds is 3. The summed E-state index contributed by atoms with van der Waals surface area (Å²) in [5.74, 6) is -3.66. The molecule has 0 heterocycles. The molecule has 2 aromatic carbocycles. The van der Waals surface area contributed by atoms with E-state index in [-0.39, 0.29) is 16.1 Å². The number of halogens is 3. The van der Waals surface area contributed by atoms with Crippen molar-refractivity contribution in [2.45, 2.75) is 10.6 Å². The fourth-order valence-corrected chi connectivity index (χ4v) is 2.98. The highest BCUT2D eigenvalue weighted by molar-refractivity contribution is 7.90. The van der Waals surface area contributed by atoms with Crippen LogP contribution >= 0.6 is 0 Å². The zero-order chi connectivity index (χ0) is 14.9. The van der Waals surface area contributed by atoms with Crippen molar-refractivity contribution in [3.8, 4) is 0 Å². The van der Waals surface area contributed by atoms with Gasteiger partial charge in [0, 0.05) is 0 Å². The van der Waals surface area contributed by atoms with Crippen LogP contribution in [-0.2, 0) is 15.6 Å². The third-order valence-corrected chi connectivity index (χ3v) is 4.36. The van der Waals surface area contributed by atoms with Crippen molar-refractivity contribution in [3.05, 3.63) is 59.4 Å². The van der Waals surface area contributed by atoms with Crippen LogP contribution in [0.15, 0.2) is 41.3 Å². The largest absolute Gasteiger partial charge is 0.396 e. The van der Waals surface area contributed by atoms with E-state index in [1.165, 1.54) is 12.1 Å². The van der Waals surface area contributed by atoms with Gasteiger partial charge in [-0.1, -0.05) is 6.07 Å². The minimum Gasteiger partial charge on any atom is -0.396 e. The Morgan fingerprint density at radius 2 is 1.60 bits per heavy atom. The van der Waals surface area contributed by atoms with Crippen LogP contribution in [0.3, 0.4) is 0 Å². The molecule has 0 bridgehead atoms. The van der Waals surface area contributed by atoms with Gasteiger partial charge < -0.3 is 5.73 Å². The first-order valence-corrected chi connectivity index (χ1v) is 7.16. The Morgan fingerprint density at radius 3 is 2.20 bits per heavy atom. The topological polar surface area (TPSA) is 60.2 Å². The molecule has 0 atom stereocenters. The van der Waals surface area contributed by atoms with E-state index in [9.17, 15) is 21.6 Å². The van der Waals surface area contributed by atoms with Crippen molar-refractivity contribution in [1.82, 2.24) is 0 Å². The van der Waals surface area contributed by atoms with Gasteiger partial charge in [0.15, 0.2) is 21.5 Å². The Morgan fingerprint density at radius 1 is 0.900 bits per heavy atom. The van der Waals surface area contributed by atoms with Crippen LogP contribution in [0, 0.1) is 17.5 Å². The van der Waals surface area contributed by atoms with Gasteiger partial charge in [-0.05, 0) is 35.9 Å². The van der Waals surface area contributed by atoms with Crippen molar-refractivity contribution in [2.75, 3.05) is 5.73 Å². The van der Waals surface area contributed by atoms with Crippen LogP contribution in [-0.4, -0.2) is 8.42 Å². The molecule has 0 fully saturated rings. The molecule has 2 rings (SSSR count). The molecule has 0 saturated heterocycles. The lowest BCUT2D eigenvalue weighted by Gasteiger charge is -2.06. The molecule has 3 nitrogen and oxygen atoms in total. The Bertz CT molecular complexity index is 760. The summed E-state index contributed by atoms with van der Waals surface area (Å²) in [6.45, 7) is 0. The molecule has 0 aliphatic rings. The molecule has 0 amide bonds. The van der Waals surface area contributed by atoms with E-state index in [0.29, 0.717) is 6.07 Å².